The highest BCUT2D eigenvalue weighted by Crippen LogP contribution is 2.26. The molecule has 1 aromatic carbocycles. The van der Waals surface area contributed by atoms with Crippen LogP contribution in [0.2, 0.25) is 0 Å². The van der Waals surface area contributed by atoms with Gasteiger partial charge in [-0.25, -0.2) is 12.8 Å². The van der Waals surface area contributed by atoms with Crippen molar-refractivity contribution in [2.45, 2.75) is 25.1 Å². The predicted octanol–water partition coefficient (Wildman–Crippen LogP) is 0.932. The lowest BCUT2D eigenvalue weighted by Gasteiger charge is -2.45. The Morgan fingerprint density at radius 1 is 1.42 bits per heavy atom. The second kappa shape index (κ2) is 6.76. The van der Waals surface area contributed by atoms with Crippen molar-refractivity contribution in [1.29, 1.82) is 5.26 Å². The minimum Gasteiger partial charge on any atom is -0.375 e. The van der Waals surface area contributed by atoms with Crippen molar-refractivity contribution >= 4 is 10.0 Å². The van der Waals surface area contributed by atoms with Crippen LogP contribution in [0.25, 0.3) is 0 Å². The molecule has 0 aliphatic carbocycles. The van der Waals surface area contributed by atoms with Gasteiger partial charge in [0.15, 0.2) is 0 Å². The Bertz CT molecular complexity index is 762. The Balaban J connectivity index is 1.74. The Morgan fingerprint density at radius 3 is 2.92 bits per heavy atom. The summed E-state index contributed by atoms with van der Waals surface area (Å²) in [5.74, 6) is -0.524. The fraction of sp³-hybridized carbons (Fsp3) is 0.562. The number of ether oxygens (including phenoxy) is 1. The number of benzene rings is 1. The van der Waals surface area contributed by atoms with Crippen molar-refractivity contribution in [1.82, 2.24) is 9.21 Å². The fourth-order valence-corrected chi connectivity index (χ4v) is 4.58. The van der Waals surface area contributed by atoms with Gasteiger partial charge in [0.2, 0.25) is 10.0 Å². The molecule has 6 nitrogen and oxygen atoms in total. The molecule has 2 saturated heterocycles. The maximum Gasteiger partial charge on any atom is 0.211 e. The van der Waals surface area contributed by atoms with Crippen LogP contribution in [0.1, 0.15) is 17.5 Å². The lowest BCUT2D eigenvalue weighted by molar-refractivity contribution is -0.0768. The third kappa shape index (κ3) is 3.59. The number of hydrogen-bond acceptors (Lipinski definition) is 5. The molecule has 1 aromatic rings. The first-order chi connectivity index (χ1) is 11.4. The number of nitriles is 1. The average Bonchev–Trinajstić information content (AvgIpc) is 2.55. The number of hydrogen-bond donors (Lipinski definition) is 0. The number of rotatable bonds is 3. The molecule has 3 rings (SSSR count). The number of sulfonamides is 1. The van der Waals surface area contributed by atoms with Gasteiger partial charge >= 0.3 is 0 Å². The van der Waals surface area contributed by atoms with Crippen LogP contribution in [0, 0.1) is 17.1 Å². The SMILES string of the molecule is CS(=O)(=O)N1CCO[C@@H]2CCN(Cc3ccc(F)c(C#N)c3)C[C@H]21. The number of nitrogens with zero attached hydrogens (tertiary/aromatic N) is 3. The van der Waals surface area contributed by atoms with Crippen LogP contribution in [0.4, 0.5) is 4.39 Å². The molecule has 2 aliphatic rings. The summed E-state index contributed by atoms with van der Waals surface area (Å²) < 4.78 is 44.7. The van der Waals surface area contributed by atoms with E-state index in [1.165, 1.54) is 16.6 Å². The first-order valence-corrected chi connectivity index (χ1v) is 9.72. The summed E-state index contributed by atoms with van der Waals surface area (Å²) in [6, 6.07) is 6.16. The highest BCUT2D eigenvalue weighted by atomic mass is 32.2. The molecule has 0 aromatic heterocycles. The standard InChI is InChI=1S/C16H20FN3O3S/c1-24(21,22)20-6-7-23-16-4-5-19(11-15(16)20)10-12-2-3-14(17)13(8-12)9-18/h2-3,8,15-16H,4-7,10-11H2,1H3/t15-,16-/m1/s1. The second-order valence-corrected chi connectivity index (χ2v) is 8.24. The molecule has 2 aliphatic heterocycles. The van der Waals surface area contributed by atoms with Crippen LogP contribution < -0.4 is 0 Å². The van der Waals surface area contributed by atoms with Crippen molar-refractivity contribution in [2.24, 2.45) is 0 Å². The maximum atomic E-state index is 13.4. The van der Waals surface area contributed by atoms with Gasteiger partial charge in [0.1, 0.15) is 11.9 Å². The van der Waals surface area contributed by atoms with Crippen LogP contribution in [-0.2, 0) is 21.3 Å². The highest BCUT2D eigenvalue weighted by Gasteiger charge is 2.40. The van der Waals surface area contributed by atoms with E-state index in [0.29, 0.717) is 26.2 Å². The van der Waals surface area contributed by atoms with E-state index in [4.69, 9.17) is 10.00 Å². The lowest BCUT2D eigenvalue weighted by Crippen LogP contribution is -2.60. The minimum atomic E-state index is -3.27. The molecule has 8 heteroatoms. The van der Waals surface area contributed by atoms with Crippen molar-refractivity contribution in [3.05, 3.63) is 35.1 Å². The zero-order chi connectivity index (χ0) is 17.3. The van der Waals surface area contributed by atoms with Gasteiger partial charge in [-0.2, -0.15) is 9.57 Å². The van der Waals surface area contributed by atoms with Crippen molar-refractivity contribution in [2.75, 3.05) is 32.5 Å². The van der Waals surface area contributed by atoms with Gasteiger partial charge < -0.3 is 4.74 Å². The summed E-state index contributed by atoms with van der Waals surface area (Å²) in [6.07, 6.45) is 1.91. The molecule has 0 radical (unpaired) electrons. The van der Waals surface area contributed by atoms with E-state index in [9.17, 15) is 12.8 Å². The van der Waals surface area contributed by atoms with E-state index in [0.717, 1.165) is 18.5 Å². The molecule has 0 bridgehead atoms. The van der Waals surface area contributed by atoms with Crippen molar-refractivity contribution < 1.29 is 17.5 Å². The molecule has 2 heterocycles. The molecular weight excluding hydrogens is 333 g/mol. The topological polar surface area (TPSA) is 73.6 Å². The summed E-state index contributed by atoms with van der Waals surface area (Å²) in [5, 5.41) is 8.93. The smallest absolute Gasteiger partial charge is 0.211 e. The molecule has 2 fully saturated rings. The van der Waals surface area contributed by atoms with Crippen LogP contribution in [0.5, 0.6) is 0 Å². The summed E-state index contributed by atoms with van der Waals surface area (Å²) in [4.78, 5) is 2.13. The first kappa shape index (κ1) is 17.3. The number of halogens is 1. The molecule has 24 heavy (non-hydrogen) atoms. The van der Waals surface area contributed by atoms with E-state index >= 15 is 0 Å². The molecule has 0 spiro atoms. The average molecular weight is 353 g/mol. The number of likely N-dealkylation sites (tertiary alicyclic amines) is 1. The summed E-state index contributed by atoms with van der Waals surface area (Å²) >= 11 is 0. The largest absolute Gasteiger partial charge is 0.375 e. The van der Waals surface area contributed by atoms with Gasteiger partial charge in [0.05, 0.1) is 30.6 Å². The maximum absolute atomic E-state index is 13.4. The van der Waals surface area contributed by atoms with Crippen LogP contribution in [0.3, 0.4) is 0 Å². The Hall–Kier alpha value is -1.53. The minimum absolute atomic E-state index is 0.0288. The predicted molar refractivity (Wildman–Crippen MR) is 86.1 cm³/mol. The molecule has 0 unspecified atom stereocenters. The normalized spacial score (nSPS) is 25.9. The molecule has 0 N–H and O–H groups in total. The lowest BCUT2D eigenvalue weighted by atomic mass is 9.99. The zero-order valence-corrected chi connectivity index (χ0v) is 14.3. The molecular formula is C16H20FN3O3S. The Kier molecular flexibility index (Phi) is 4.88. The van der Waals surface area contributed by atoms with Gasteiger partial charge in [0.25, 0.3) is 0 Å². The van der Waals surface area contributed by atoms with Gasteiger partial charge in [-0.1, -0.05) is 6.07 Å². The molecule has 0 saturated carbocycles. The third-order valence-electron chi connectivity index (χ3n) is 4.60. The number of fused-ring (bicyclic) bond motifs is 1. The van der Waals surface area contributed by atoms with Crippen molar-refractivity contribution in [3.63, 3.8) is 0 Å². The summed E-state index contributed by atoms with van der Waals surface area (Å²) in [6.45, 7) is 2.70. The van der Waals surface area contributed by atoms with E-state index in [1.807, 2.05) is 6.07 Å². The monoisotopic (exact) mass is 353 g/mol. The summed E-state index contributed by atoms with van der Waals surface area (Å²) in [7, 11) is -3.27. The first-order valence-electron chi connectivity index (χ1n) is 7.88. The quantitative estimate of drug-likeness (QED) is 0.808. The van der Waals surface area contributed by atoms with Crippen LogP contribution in [-0.4, -0.2) is 62.3 Å². The van der Waals surface area contributed by atoms with E-state index in [-0.39, 0.29) is 17.7 Å². The number of piperidine rings is 1. The van der Waals surface area contributed by atoms with Gasteiger partial charge in [-0.15, -0.1) is 0 Å². The van der Waals surface area contributed by atoms with Crippen LogP contribution in [0.15, 0.2) is 18.2 Å². The van der Waals surface area contributed by atoms with Crippen molar-refractivity contribution in [3.8, 4) is 6.07 Å². The number of morpholine rings is 1. The van der Waals surface area contributed by atoms with E-state index < -0.39 is 15.8 Å². The van der Waals surface area contributed by atoms with Gasteiger partial charge in [-0.05, 0) is 24.1 Å². The molecule has 0 amide bonds. The fourth-order valence-electron chi connectivity index (χ4n) is 3.48. The second-order valence-electron chi connectivity index (χ2n) is 6.30. The Morgan fingerprint density at radius 2 is 2.21 bits per heavy atom. The van der Waals surface area contributed by atoms with E-state index in [1.54, 1.807) is 12.1 Å². The molecule has 2 atom stereocenters. The highest BCUT2D eigenvalue weighted by molar-refractivity contribution is 7.88. The third-order valence-corrected chi connectivity index (χ3v) is 5.91. The summed E-state index contributed by atoms with van der Waals surface area (Å²) in [5.41, 5.74) is 0.871. The van der Waals surface area contributed by atoms with Crippen LogP contribution >= 0.6 is 0 Å². The molecule has 130 valence electrons. The van der Waals surface area contributed by atoms with Gasteiger partial charge in [-0.3, -0.25) is 4.90 Å². The Labute approximate surface area is 141 Å². The van der Waals surface area contributed by atoms with E-state index in [2.05, 4.69) is 4.90 Å². The van der Waals surface area contributed by atoms with Gasteiger partial charge in [0, 0.05) is 26.2 Å². The zero-order valence-electron chi connectivity index (χ0n) is 13.5.